The predicted molar refractivity (Wildman–Crippen MR) is 146 cm³/mol. The van der Waals surface area contributed by atoms with Crippen LogP contribution in [0.5, 0.6) is 17.2 Å². The zero-order chi connectivity index (χ0) is 26.6. The predicted octanol–water partition coefficient (Wildman–Crippen LogP) is 5.67. The van der Waals surface area contributed by atoms with E-state index in [1.165, 1.54) is 6.33 Å². The van der Waals surface area contributed by atoms with Crippen LogP contribution >= 0.6 is 0 Å². The quantitative estimate of drug-likeness (QED) is 0.293. The van der Waals surface area contributed by atoms with Gasteiger partial charge in [0, 0.05) is 18.8 Å². The van der Waals surface area contributed by atoms with E-state index >= 15 is 0 Å². The van der Waals surface area contributed by atoms with Gasteiger partial charge in [-0.05, 0) is 66.9 Å². The smallest absolute Gasteiger partial charge is 0.164 e. The van der Waals surface area contributed by atoms with Gasteiger partial charge in [-0.1, -0.05) is 24.3 Å². The maximum Gasteiger partial charge on any atom is 0.164 e. The number of nitriles is 1. The van der Waals surface area contributed by atoms with Crippen molar-refractivity contribution in [1.29, 1.82) is 5.26 Å². The number of nitrogens with zero attached hydrogens (tertiary/aromatic N) is 5. The van der Waals surface area contributed by atoms with E-state index in [1.54, 1.807) is 12.1 Å². The Morgan fingerprint density at radius 3 is 2.62 bits per heavy atom. The molecule has 39 heavy (non-hydrogen) atoms. The number of ether oxygens (including phenoxy) is 3. The topological polar surface area (TPSA) is 121 Å². The highest BCUT2D eigenvalue weighted by molar-refractivity contribution is 5.98. The summed E-state index contributed by atoms with van der Waals surface area (Å²) in [5.74, 6) is 2.33. The average molecular weight is 519 g/mol. The number of hydrogen-bond donors (Lipinski definition) is 1. The second-order valence-corrected chi connectivity index (χ2v) is 9.26. The van der Waals surface area contributed by atoms with Crippen molar-refractivity contribution in [2.24, 2.45) is 0 Å². The molecule has 3 aromatic carbocycles. The first-order valence-electron chi connectivity index (χ1n) is 12.7. The Balaban J connectivity index is 1.21. The fourth-order valence-corrected chi connectivity index (χ4v) is 4.74. The van der Waals surface area contributed by atoms with Crippen molar-refractivity contribution in [3.8, 4) is 34.6 Å². The highest BCUT2D eigenvalue weighted by Crippen LogP contribution is 2.35. The van der Waals surface area contributed by atoms with Gasteiger partial charge in [-0.3, -0.25) is 0 Å². The van der Waals surface area contributed by atoms with E-state index in [-0.39, 0.29) is 6.04 Å². The van der Waals surface area contributed by atoms with Crippen LogP contribution in [-0.4, -0.2) is 33.0 Å². The normalized spacial score (nSPS) is 13.7. The molecule has 1 fully saturated rings. The Labute approximate surface area is 225 Å². The molecule has 0 atom stereocenters. The summed E-state index contributed by atoms with van der Waals surface area (Å²) >= 11 is 0. The van der Waals surface area contributed by atoms with Gasteiger partial charge in [0.25, 0.3) is 0 Å². The Morgan fingerprint density at radius 1 is 0.974 bits per heavy atom. The van der Waals surface area contributed by atoms with E-state index in [9.17, 15) is 5.26 Å². The fourth-order valence-electron chi connectivity index (χ4n) is 4.74. The Bertz CT molecular complexity index is 1650. The van der Waals surface area contributed by atoms with Crippen molar-refractivity contribution < 1.29 is 14.2 Å². The molecule has 1 aliphatic heterocycles. The van der Waals surface area contributed by atoms with Gasteiger partial charge in [0.2, 0.25) is 0 Å². The maximum absolute atomic E-state index is 9.27. The van der Waals surface area contributed by atoms with E-state index < -0.39 is 0 Å². The molecule has 0 saturated carbocycles. The van der Waals surface area contributed by atoms with Gasteiger partial charge in [0.05, 0.1) is 17.0 Å². The van der Waals surface area contributed by atoms with Crippen molar-refractivity contribution in [1.82, 2.24) is 19.7 Å². The molecule has 9 heteroatoms. The minimum Gasteiger partial charge on any atom is -0.488 e. The third-order valence-corrected chi connectivity index (χ3v) is 6.72. The second-order valence-electron chi connectivity index (χ2n) is 9.26. The number of hydrogen-bond acceptors (Lipinski definition) is 8. The zero-order valence-electron chi connectivity index (χ0n) is 21.2. The van der Waals surface area contributed by atoms with Gasteiger partial charge in [0.1, 0.15) is 47.8 Å². The summed E-state index contributed by atoms with van der Waals surface area (Å²) in [6.45, 7) is 1.73. The summed E-state index contributed by atoms with van der Waals surface area (Å²) in [5, 5.41) is 15.0. The summed E-state index contributed by atoms with van der Waals surface area (Å²) in [6.07, 6.45) is 3.24. The van der Waals surface area contributed by atoms with E-state index in [0.717, 1.165) is 40.7 Å². The van der Waals surface area contributed by atoms with Crippen molar-refractivity contribution in [3.05, 3.63) is 90.3 Å². The molecular weight excluding hydrogens is 492 g/mol. The van der Waals surface area contributed by atoms with E-state index in [2.05, 4.69) is 16.0 Å². The fraction of sp³-hybridized carbons (Fsp3) is 0.200. The Kier molecular flexibility index (Phi) is 6.76. The van der Waals surface area contributed by atoms with Crippen LogP contribution in [-0.2, 0) is 11.3 Å². The molecule has 2 aromatic heterocycles. The molecule has 5 aromatic rings. The number of aromatic nitrogens is 4. The lowest BCUT2D eigenvalue weighted by atomic mass is 10.1. The van der Waals surface area contributed by atoms with Crippen LogP contribution in [0.25, 0.3) is 22.3 Å². The van der Waals surface area contributed by atoms with Crippen LogP contribution in [0.1, 0.15) is 30.0 Å². The van der Waals surface area contributed by atoms with Crippen LogP contribution < -0.4 is 15.2 Å². The van der Waals surface area contributed by atoms with Gasteiger partial charge < -0.3 is 19.9 Å². The summed E-state index contributed by atoms with van der Waals surface area (Å²) in [4.78, 5) is 8.72. The molecule has 0 spiro atoms. The van der Waals surface area contributed by atoms with Crippen LogP contribution in [0.15, 0.2) is 79.1 Å². The molecule has 0 radical (unpaired) electrons. The zero-order valence-corrected chi connectivity index (χ0v) is 21.2. The van der Waals surface area contributed by atoms with Crippen molar-refractivity contribution >= 4 is 16.9 Å². The third kappa shape index (κ3) is 5.10. The summed E-state index contributed by atoms with van der Waals surface area (Å²) in [6, 6.07) is 24.9. The van der Waals surface area contributed by atoms with Crippen LogP contribution in [0, 0.1) is 11.3 Å². The molecular formula is C30H26N6O3. The SMILES string of the molecule is N#Cc1ccccc1OCc1cccc(Oc2ccc(-c3nn(C4CCOCC4)c4ncnc(N)c34)cc2)c1. The average Bonchev–Trinajstić information content (AvgIpc) is 3.38. The number of anilines is 1. The molecule has 2 N–H and O–H groups in total. The van der Waals surface area contributed by atoms with E-state index in [4.69, 9.17) is 25.0 Å². The lowest BCUT2D eigenvalue weighted by Gasteiger charge is -2.22. The Morgan fingerprint density at radius 2 is 1.79 bits per heavy atom. The minimum absolute atomic E-state index is 0.205. The summed E-state index contributed by atoms with van der Waals surface area (Å²) in [7, 11) is 0. The summed E-state index contributed by atoms with van der Waals surface area (Å²) < 4.78 is 19.5. The van der Waals surface area contributed by atoms with Crippen molar-refractivity contribution in [2.75, 3.05) is 18.9 Å². The molecule has 6 rings (SSSR count). The van der Waals surface area contributed by atoms with Gasteiger partial charge in [-0.2, -0.15) is 10.4 Å². The molecule has 194 valence electrons. The summed E-state index contributed by atoms with van der Waals surface area (Å²) in [5.41, 5.74) is 10.1. The molecule has 1 aliphatic rings. The van der Waals surface area contributed by atoms with Crippen LogP contribution in [0.4, 0.5) is 5.82 Å². The number of nitrogen functional groups attached to an aromatic ring is 1. The molecule has 3 heterocycles. The van der Waals surface area contributed by atoms with Crippen molar-refractivity contribution in [2.45, 2.75) is 25.5 Å². The number of benzene rings is 3. The molecule has 0 bridgehead atoms. The van der Waals surface area contributed by atoms with Gasteiger partial charge in [-0.15, -0.1) is 0 Å². The highest BCUT2D eigenvalue weighted by Gasteiger charge is 2.24. The molecule has 0 unspecified atom stereocenters. The van der Waals surface area contributed by atoms with E-state index in [1.807, 2.05) is 65.3 Å². The van der Waals surface area contributed by atoms with Gasteiger partial charge in [-0.25, -0.2) is 14.6 Å². The first kappa shape index (κ1) is 24.4. The number of nitrogens with two attached hydrogens (primary N) is 1. The molecule has 0 amide bonds. The van der Waals surface area contributed by atoms with Crippen molar-refractivity contribution in [3.63, 3.8) is 0 Å². The standard InChI is InChI=1S/C30H26N6O3/c31-17-22-5-1-2-7-26(22)38-18-20-4-3-6-25(16-20)39-24-10-8-21(9-11-24)28-27-29(32)33-19-34-30(27)36(35-28)23-12-14-37-15-13-23/h1-11,16,19,23H,12-15,18H2,(H2,32,33,34). The molecule has 0 aliphatic carbocycles. The van der Waals surface area contributed by atoms with Gasteiger partial charge >= 0.3 is 0 Å². The highest BCUT2D eigenvalue weighted by atomic mass is 16.5. The minimum atomic E-state index is 0.205. The monoisotopic (exact) mass is 518 g/mol. The number of para-hydroxylation sites is 1. The first-order chi connectivity index (χ1) is 19.2. The molecule has 1 saturated heterocycles. The van der Waals surface area contributed by atoms with Crippen LogP contribution in [0.2, 0.25) is 0 Å². The Hall–Kier alpha value is -4.94. The molecule has 9 nitrogen and oxygen atoms in total. The first-order valence-corrected chi connectivity index (χ1v) is 12.7. The third-order valence-electron chi connectivity index (χ3n) is 6.72. The number of rotatable bonds is 7. The van der Waals surface area contributed by atoms with Gasteiger partial charge in [0.15, 0.2) is 5.65 Å². The number of fused-ring (bicyclic) bond motifs is 1. The maximum atomic E-state index is 9.27. The van der Waals surface area contributed by atoms with Crippen LogP contribution in [0.3, 0.4) is 0 Å². The lowest BCUT2D eigenvalue weighted by molar-refractivity contribution is 0.0674. The largest absolute Gasteiger partial charge is 0.488 e. The van der Waals surface area contributed by atoms with E-state index in [0.29, 0.717) is 48.5 Å². The second kappa shape index (κ2) is 10.8. The lowest BCUT2D eigenvalue weighted by Crippen LogP contribution is -2.20.